The lowest BCUT2D eigenvalue weighted by Crippen LogP contribution is -2.46. The predicted molar refractivity (Wildman–Crippen MR) is 121 cm³/mol. The molecule has 1 aliphatic rings. The molecule has 2 aromatic heterocycles. The van der Waals surface area contributed by atoms with Crippen molar-refractivity contribution in [2.45, 2.75) is 58.7 Å². The first-order valence-electron chi connectivity index (χ1n) is 11.1. The number of pyridine rings is 1. The highest BCUT2D eigenvalue weighted by Crippen LogP contribution is 2.36. The first-order valence-corrected chi connectivity index (χ1v) is 11.1. The molecule has 30 heavy (non-hydrogen) atoms. The van der Waals surface area contributed by atoms with Gasteiger partial charge in [0.1, 0.15) is 0 Å². The predicted octanol–water partition coefficient (Wildman–Crippen LogP) is 4.21. The molecule has 158 valence electrons. The first kappa shape index (κ1) is 20.6. The van der Waals surface area contributed by atoms with Gasteiger partial charge in [-0.05, 0) is 54.0 Å². The molecule has 0 saturated carbocycles. The molecular weight excluding hydrogens is 372 g/mol. The fourth-order valence-corrected chi connectivity index (χ4v) is 4.55. The van der Waals surface area contributed by atoms with E-state index in [0.717, 1.165) is 25.9 Å². The number of aromatic nitrogens is 2. The fraction of sp³-hybridized carbons (Fsp3) is 0.440. The van der Waals surface area contributed by atoms with Gasteiger partial charge in [0.15, 0.2) is 0 Å². The van der Waals surface area contributed by atoms with Crippen molar-refractivity contribution >= 4 is 16.8 Å². The molecule has 4 rings (SSSR count). The smallest absolute Gasteiger partial charge is 0.237 e. The third-order valence-electron chi connectivity index (χ3n) is 5.87. The lowest BCUT2D eigenvalue weighted by Gasteiger charge is -2.25. The van der Waals surface area contributed by atoms with Gasteiger partial charge in [0.25, 0.3) is 0 Å². The summed E-state index contributed by atoms with van der Waals surface area (Å²) in [7, 11) is 0. The Bertz CT molecular complexity index is 1010. The second kappa shape index (κ2) is 9.00. The van der Waals surface area contributed by atoms with Crippen LogP contribution in [-0.4, -0.2) is 28.0 Å². The van der Waals surface area contributed by atoms with E-state index in [1.807, 2.05) is 12.3 Å². The molecule has 0 aliphatic carbocycles. The van der Waals surface area contributed by atoms with Crippen LogP contribution >= 0.6 is 0 Å². The summed E-state index contributed by atoms with van der Waals surface area (Å²) in [6, 6.07) is 10.6. The average molecular weight is 405 g/mol. The normalized spacial score (nSPS) is 18.5. The maximum absolute atomic E-state index is 12.9. The van der Waals surface area contributed by atoms with Crippen LogP contribution in [0.2, 0.25) is 0 Å². The minimum absolute atomic E-state index is 0.103. The Labute approximate surface area is 178 Å². The van der Waals surface area contributed by atoms with Crippen molar-refractivity contribution in [1.82, 2.24) is 20.2 Å². The van der Waals surface area contributed by atoms with Gasteiger partial charge in [0.2, 0.25) is 5.91 Å². The van der Waals surface area contributed by atoms with Gasteiger partial charge in [-0.2, -0.15) is 0 Å². The zero-order valence-electron chi connectivity index (χ0n) is 18.2. The lowest BCUT2D eigenvalue weighted by atomic mass is 9.94. The van der Waals surface area contributed by atoms with Crippen molar-refractivity contribution in [1.29, 1.82) is 0 Å². The van der Waals surface area contributed by atoms with Crippen molar-refractivity contribution in [3.05, 3.63) is 65.6 Å². The molecule has 0 radical (unpaired) electrons. The van der Waals surface area contributed by atoms with Gasteiger partial charge >= 0.3 is 0 Å². The standard InChI is InChI=1S/C25H32N4O/c1-4-10-27-25(30)22-13-19-16-29(15-18-7-6-11-26-14-18)23-9-5-8-20(24(19)23)21(28-22)12-17(2)3/h5-9,11,14,16-17,21-22,28H,4,10,12-13,15H2,1-3H3,(H,27,30). The maximum atomic E-state index is 12.9. The summed E-state index contributed by atoms with van der Waals surface area (Å²) in [6.07, 6.45) is 8.62. The van der Waals surface area contributed by atoms with Gasteiger partial charge in [-0.15, -0.1) is 0 Å². The Balaban J connectivity index is 1.76. The molecule has 1 aromatic carbocycles. The second-order valence-corrected chi connectivity index (χ2v) is 8.78. The monoisotopic (exact) mass is 404 g/mol. The lowest BCUT2D eigenvalue weighted by molar-refractivity contribution is -0.123. The van der Waals surface area contributed by atoms with E-state index in [4.69, 9.17) is 0 Å². The third-order valence-corrected chi connectivity index (χ3v) is 5.87. The van der Waals surface area contributed by atoms with Crippen molar-refractivity contribution in [2.75, 3.05) is 6.54 Å². The van der Waals surface area contributed by atoms with Crippen LogP contribution in [0, 0.1) is 5.92 Å². The summed E-state index contributed by atoms with van der Waals surface area (Å²) in [4.78, 5) is 17.2. The molecule has 5 nitrogen and oxygen atoms in total. The Kier molecular flexibility index (Phi) is 6.18. The molecule has 3 heterocycles. The van der Waals surface area contributed by atoms with Gasteiger partial charge in [-0.25, -0.2) is 0 Å². The summed E-state index contributed by atoms with van der Waals surface area (Å²) < 4.78 is 2.31. The van der Waals surface area contributed by atoms with Gasteiger partial charge in [0, 0.05) is 48.6 Å². The fourth-order valence-electron chi connectivity index (χ4n) is 4.55. The molecule has 5 heteroatoms. The largest absolute Gasteiger partial charge is 0.355 e. The van der Waals surface area contributed by atoms with Crippen molar-refractivity contribution in [2.24, 2.45) is 5.92 Å². The van der Waals surface area contributed by atoms with Crippen LogP contribution in [0.5, 0.6) is 0 Å². The Morgan fingerprint density at radius 3 is 2.90 bits per heavy atom. The van der Waals surface area contributed by atoms with Crippen molar-refractivity contribution in [3.63, 3.8) is 0 Å². The molecule has 3 aromatic rings. The highest BCUT2D eigenvalue weighted by atomic mass is 16.2. The van der Waals surface area contributed by atoms with Crippen LogP contribution in [0.1, 0.15) is 56.3 Å². The van der Waals surface area contributed by atoms with Crippen LogP contribution in [0.3, 0.4) is 0 Å². The second-order valence-electron chi connectivity index (χ2n) is 8.78. The van der Waals surface area contributed by atoms with Gasteiger partial charge in [-0.3, -0.25) is 15.1 Å². The number of hydrogen-bond acceptors (Lipinski definition) is 3. The molecule has 0 fully saturated rings. The number of benzene rings is 1. The average Bonchev–Trinajstić information content (AvgIpc) is 3.00. The number of nitrogens with one attached hydrogen (secondary N) is 2. The molecule has 2 unspecified atom stereocenters. The summed E-state index contributed by atoms with van der Waals surface area (Å²) >= 11 is 0. The Morgan fingerprint density at radius 1 is 1.30 bits per heavy atom. The first-order chi connectivity index (χ1) is 14.6. The number of amides is 1. The molecule has 2 atom stereocenters. The van der Waals surface area contributed by atoms with E-state index in [2.05, 4.69) is 71.4 Å². The quantitative estimate of drug-likeness (QED) is 0.620. The number of rotatable bonds is 7. The number of carbonyl (C=O) groups excluding carboxylic acids is 1. The van der Waals surface area contributed by atoms with E-state index >= 15 is 0 Å². The van der Waals surface area contributed by atoms with E-state index in [1.165, 1.54) is 27.6 Å². The van der Waals surface area contributed by atoms with E-state index in [9.17, 15) is 4.79 Å². The highest BCUT2D eigenvalue weighted by molar-refractivity contribution is 5.90. The Morgan fingerprint density at radius 2 is 2.17 bits per heavy atom. The van der Waals surface area contributed by atoms with Crippen LogP contribution in [-0.2, 0) is 17.8 Å². The van der Waals surface area contributed by atoms with E-state index < -0.39 is 0 Å². The number of hydrogen-bond donors (Lipinski definition) is 2. The van der Waals surface area contributed by atoms with Crippen molar-refractivity contribution < 1.29 is 4.79 Å². The van der Waals surface area contributed by atoms with Crippen LogP contribution in [0.4, 0.5) is 0 Å². The molecular formula is C25H32N4O. The zero-order valence-corrected chi connectivity index (χ0v) is 18.2. The van der Waals surface area contributed by atoms with Crippen LogP contribution < -0.4 is 10.6 Å². The minimum Gasteiger partial charge on any atom is -0.355 e. The number of nitrogens with zero attached hydrogens (tertiary/aromatic N) is 2. The minimum atomic E-state index is -0.217. The molecule has 1 aliphatic heterocycles. The van der Waals surface area contributed by atoms with Gasteiger partial charge < -0.3 is 9.88 Å². The molecule has 2 N–H and O–H groups in total. The topological polar surface area (TPSA) is 59.0 Å². The molecule has 1 amide bonds. The SMILES string of the molecule is CCCNC(=O)C1Cc2cn(Cc3cccnc3)c3cccc(c23)C(CC(C)C)N1. The van der Waals surface area contributed by atoms with E-state index in [1.54, 1.807) is 6.20 Å². The highest BCUT2D eigenvalue weighted by Gasteiger charge is 2.30. The van der Waals surface area contributed by atoms with Gasteiger partial charge in [0.05, 0.1) is 6.04 Å². The summed E-state index contributed by atoms with van der Waals surface area (Å²) in [5.74, 6) is 0.641. The maximum Gasteiger partial charge on any atom is 0.237 e. The molecule has 0 spiro atoms. The summed E-state index contributed by atoms with van der Waals surface area (Å²) in [6.45, 7) is 8.07. The van der Waals surface area contributed by atoms with Crippen LogP contribution in [0.25, 0.3) is 10.9 Å². The van der Waals surface area contributed by atoms with Crippen LogP contribution in [0.15, 0.2) is 48.9 Å². The van der Waals surface area contributed by atoms with Crippen molar-refractivity contribution in [3.8, 4) is 0 Å². The summed E-state index contributed by atoms with van der Waals surface area (Å²) in [5, 5.41) is 8.09. The molecule has 0 saturated heterocycles. The summed E-state index contributed by atoms with van der Waals surface area (Å²) in [5.41, 5.74) is 4.97. The van der Waals surface area contributed by atoms with E-state index in [-0.39, 0.29) is 18.0 Å². The number of carbonyl (C=O) groups is 1. The molecule has 0 bridgehead atoms. The van der Waals surface area contributed by atoms with Gasteiger partial charge in [-0.1, -0.05) is 39.0 Å². The zero-order chi connectivity index (χ0) is 21.1. The van der Waals surface area contributed by atoms with E-state index in [0.29, 0.717) is 12.3 Å². The Hall–Kier alpha value is -2.66. The third kappa shape index (κ3) is 4.26.